The Morgan fingerprint density at radius 3 is 2.47 bits per heavy atom. The van der Waals surface area contributed by atoms with Crippen molar-refractivity contribution in [1.82, 2.24) is 40.0 Å². The lowest BCUT2D eigenvalue weighted by molar-refractivity contribution is -0.136. The van der Waals surface area contributed by atoms with E-state index >= 15 is 0 Å². The molecule has 0 radical (unpaired) electrons. The van der Waals surface area contributed by atoms with Gasteiger partial charge in [-0.05, 0) is 73.7 Å². The van der Waals surface area contributed by atoms with Crippen LogP contribution in [0.2, 0.25) is 0 Å². The van der Waals surface area contributed by atoms with Crippen LogP contribution < -0.4 is 5.56 Å². The monoisotopic (exact) mass is 636 g/mol. The molecule has 1 saturated heterocycles. The molecule has 0 spiro atoms. The molecule has 3 heterocycles. The van der Waals surface area contributed by atoms with Crippen molar-refractivity contribution in [2.24, 2.45) is 5.92 Å². The third kappa shape index (κ3) is 7.64. The largest absolute Gasteiger partial charge is 0.343 e. The first-order valence-corrected chi connectivity index (χ1v) is 16.7. The van der Waals surface area contributed by atoms with E-state index in [-0.39, 0.29) is 23.9 Å². The second-order valence-electron chi connectivity index (χ2n) is 12.1. The van der Waals surface area contributed by atoms with E-state index in [0.717, 1.165) is 54.5 Å². The molecule has 1 aliphatic heterocycles. The summed E-state index contributed by atoms with van der Waals surface area (Å²) in [5, 5.41) is 14.3. The fourth-order valence-electron chi connectivity index (χ4n) is 6.52. The number of unbranched alkanes of at least 4 members (excludes halogenated alkanes) is 1. The Kier molecular flexibility index (Phi) is 11.2. The number of aromatic amines is 1. The molecule has 0 bridgehead atoms. The first kappa shape index (κ1) is 33.6. The van der Waals surface area contributed by atoms with Crippen LogP contribution in [0.4, 0.5) is 0 Å². The van der Waals surface area contributed by atoms with Gasteiger partial charge in [0.15, 0.2) is 5.82 Å². The van der Waals surface area contributed by atoms with Crippen LogP contribution in [0.1, 0.15) is 69.1 Å². The van der Waals surface area contributed by atoms with Crippen molar-refractivity contribution in [3.8, 4) is 22.5 Å². The van der Waals surface area contributed by atoms with Gasteiger partial charge in [0.2, 0.25) is 5.91 Å². The Balaban J connectivity index is 1.42. The van der Waals surface area contributed by atoms with E-state index in [1.165, 1.54) is 0 Å². The minimum Gasteiger partial charge on any atom is -0.343 e. The highest BCUT2D eigenvalue weighted by Crippen LogP contribution is 2.30. The number of hydrogen-bond acceptors (Lipinski definition) is 8. The number of nitrogens with one attached hydrogen (secondary N) is 1. The summed E-state index contributed by atoms with van der Waals surface area (Å²) in [4.78, 5) is 48.7. The Morgan fingerprint density at radius 1 is 1.06 bits per heavy atom. The molecule has 5 rings (SSSR count). The van der Waals surface area contributed by atoms with Crippen LogP contribution in [-0.2, 0) is 22.6 Å². The second kappa shape index (κ2) is 15.7. The van der Waals surface area contributed by atoms with E-state index in [4.69, 9.17) is 4.98 Å². The molecule has 1 unspecified atom stereocenters. The molecule has 1 aliphatic rings. The zero-order chi connectivity index (χ0) is 33.3. The molecule has 0 aliphatic carbocycles. The van der Waals surface area contributed by atoms with Crippen molar-refractivity contribution in [2.75, 3.05) is 32.7 Å². The molecule has 2 aromatic carbocycles. The first-order valence-electron chi connectivity index (χ1n) is 16.7. The van der Waals surface area contributed by atoms with E-state index in [1.54, 1.807) is 11.5 Å². The summed E-state index contributed by atoms with van der Waals surface area (Å²) in [7, 11) is 0. The van der Waals surface area contributed by atoms with Crippen LogP contribution in [0.3, 0.4) is 0 Å². The highest BCUT2D eigenvalue weighted by atomic mass is 16.2. The Labute approximate surface area is 275 Å². The Morgan fingerprint density at radius 2 is 1.81 bits per heavy atom. The predicted molar refractivity (Wildman–Crippen MR) is 182 cm³/mol. The van der Waals surface area contributed by atoms with Crippen LogP contribution in [-0.4, -0.2) is 84.5 Å². The lowest BCUT2D eigenvalue weighted by Crippen LogP contribution is -2.45. The molecule has 0 saturated carbocycles. The Hall–Kier alpha value is -4.73. The maximum Gasteiger partial charge on any atom is 0.262 e. The highest BCUT2D eigenvalue weighted by molar-refractivity contribution is 5.89. The number of H-pyrrole nitrogens is 1. The number of tetrazole rings is 1. The molecule has 47 heavy (non-hydrogen) atoms. The molecule has 2 aromatic heterocycles. The summed E-state index contributed by atoms with van der Waals surface area (Å²) in [5.74, 6) is 3.42. The van der Waals surface area contributed by atoms with Crippen molar-refractivity contribution in [2.45, 2.75) is 66.3 Å². The Bertz CT molecular complexity index is 1770. The number of carbonyl (C=O) groups excluding carboxylic acids is 2. The number of nitrogens with zero attached hydrogens (tertiary/aromatic N) is 7. The third-order valence-electron chi connectivity index (χ3n) is 9.05. The van der Waals surface area contributed by atoms with Gasteiger partial charge in [0.25, 0.3) is 5.56 Å². The summed E-state index contributed by atoms with van der Waals surface area (Å²) < 4.78 is 1.71. The average Bonchev–Trinajstić information content (AvgIpc) is 3.64. The van der Waals surface area contributed by atoms with Gasteiger partial charge in [-0.15, -0.1) is 5.10 Å². The second-order valence-corrected chi connectivity index (χ2v) is 12.1. The van der Waals surface area contributed by atoms with Crippen molar-refractivity contribution in [1.29, 1.82) is 0 Å². The van der Waals surface area contributed by atoms with Crippen LogP contribution >= 0.6 is 0 Å². The van der Waals surface area contributed by atoms with E-state index in [1.807, 2.05) is 67.3 Å². The van der Waals surface area contributed by atoms with Crippen LogP contribution in [0, 0.1) is 12.8 Å². The number of hydrogen-bond donors (Lipinski definition) is 1. The molecule has 4 aromatic rings. The zero-order valence-corrected chi connectivity index (χ0v) is 27.8. The summed E-state index contributed by atoms with van der Waals surface area (Å²) in [6, 6.07) is 16.0. The SMILES string of the molecule is CCCCc1nc(C)c(C(=C=O)CN2CCCC(C(=O)N(CC)CC)C2)c(=O)n1Cc1ccc(-c2ccccc2-c2nnn[nH]2)cc1. The molecule has 1 N–H and O–H groups in total. The number of aromatic nitrogens is 6. The van der Waals surface area contributed by atoms with E-state index in [2.05, 4.69) is 38.4 Å². The molecule has 1 amide bonds. The van der Waals surface area contributed by atoms with Crippen LogP contribution in [0.5, 0.6) is 0 Å². The van der Waals surface area contributed by atoms with Gasteiger partial charge in [-0.25, -0.2) is 14.9 Å². The number of rotatable bonds is 13. The van der Waals surface area contributed by atoms with Gasteiger partial charge in [0.1, 0.15) is 11.8 Å². The minimum absolute atomic E-state index is 0.119. The van der Waals surface area contributed by atoms with Gasteiger partial charge in [0.05, 0.1) is 29.3 Å². The van der Waals surface area contributed by atoms with E-state index in [9.17, 15) is 14.4 Å². The van der Waals surface area contributed by atoms with Crippen molar-refractivity contribution in [3.05, 3.63) is 81.5 Å². The van der Waals surface area contributed by atoms with Crippen molar-refractivity contribution < 1.29 is 9.59 Å². The number of amides is 1. The quantitative estimate of drug-likeness (QED) is 0.211. The summed E-state index contributed by atoms with van der Waals surface area (Å²) in [6.07, 6.45) is 4.20. The third-order valence-corrected chi connectivity index (χ3v) is 9.05. The number of benzene rings is 2. The van der Waals surface area contributed by atoms with E-state index < -0.39 is 0 Å². The highest BCUT2D eigenvalue weighted by Gasteiger charge is 2.30. The summed E-state index contributed by atoms with van der Waals surface area (Å²) in [5.41, 5.74) is 4.71. The molecular formula is C36H44N8O3. The fraction of sp³-hybridized carbons (Fsp3) is 0.444. The molecule has 11 nitrogen and oxygen atoms in total. The zero-order valence-electron chi connectivity index (χ0n) is 27.8. The maximum atomic E-state index is 14.2. The smallest absolute Gasteiger partial charge is 0.262 e. The van der Waals surface area contributed by atoms with Gasteiger partial charge in [-0.1, -0.05) is 61.9 Å². The lowest BCUT2D eigenvalue weighted by atomic mass is 9.95. The number of piperidine rings is 1. The molecular weight excluding hydrogens is 592 g/mol. The summed E-state index contributed by atoms with van der Waals surface area (Å²) in [6.45, 7) is 11.1. The van der Waals surface area contributed by atoms with Crippen LogP contribution in [0.25, 0.3) is 28.1 Å². The molecule has 246 valence electrons. The minimum atomic E-state index is -0.234. The van der Waals surface area contributed by atoms with Gasteiger partial charge in [0, 0.05) is 38.2 Å². The van der Waals surface area contributed by atoms with Gasteiger partial charge in [-0.2, -0.15) is 0 Å². The lowest BCUT2D eigenvalue weighted by Gasteiger charge is -2.34. The molecule has 1 atom stereocenters. The van der Waals surface area contributed by atoms with Crippen molar-refractivity contribution in [3.63, 3.8) is 0 Å². The van der Waals surface area contributed by atoms with E-state index in [0.29, 0.717) is 61.1 Å². The van der Waals surface area contributed by atoms with Gasteiger partial charge in [-0.3, -0.25) is 19.1 Å². The molecule has 1 fully saturated rings. The number of carbonyl (C=O) groups is 1. The molecule has 11 heteroatoms. The number of aryl methyl sites for hydroxylation is 2. The van der Waals surface area contributed by atoms with Gasteiger partial charge >= 0.3 is 0 Å². The summed E-state index contributed by atoms with van der Waals surface area (Å²) >= 11 is 0. The van der Waals surface area contributed by atoms with Crippen LogP contribution in [0.15, 0.2) is 53.3 Å². The predicted octanol–water partition coefficient (Wildman–Crippen LogP) is 4.59. The average molecular weight is 637 g/mol. The fourth-order valence-corrected chi connectivity index (χ4v) is 6.52. The van der Waals surface area contributed by atoms with Gasteiger partial charge < -0.3 is 4.90 Å². The maximum absolute atomic E-state index is 14.2. The number of likely N-dealkylation sites (tertiary alicyclic amines) is 1. The first-order chi connectivity index (χ1) is 22.9. The topological polar surface area (TPSA) is 130 Å². The normalized spacial score (nSPS) is 14.9. The van der Waals surface area contributed by atoms with Crippen molar-refractivity contribution >= 4 is 17.4 Å². The standard InChI is InChI=1S/C36H44N8O3/c1-5-8-15-32-37-25(4)33(29(24-45)23-42-20-11-12-28(22-42)35(46)43(6-2)7-3)36(47)44(32)21-26-16-18-27(19-17-26)30-13-9-10-14-31(30)34-38-40-41-39-34/h9-10,13-14,16-19,28H,5-8,11-12,15,20-23H2,1-4H3,(H,38,39,40,41).